The predicted molar refractivity (Wildman–Crippen MR) is 67.3 cm³/mol. The summed E-state index contributed by atoms with van der Waals surface area (Å²) in [7, 11) is 0. The Morgan fingerprint density at radius 3 is 2.50 bits per heavy atom. The molecule has 0 heterocycles. The number of carbonyl (C=O) groups is 1. The van der Waals surface area contributed by atoms with Crippen LogP contribution in [0.4, 0.5) is 0 Å². The zero-order valence-electron chi connectivity index (χ0n) is 11.1. The van der Waals surface area contributed by atoms with Crippen LogP contribution in [0.15, 0.2) is 0 Å². The third-order valence-corrected chi connectivity index (χ3v) is 3.35. The minimum absolute atomic E-state index is 0.120. The van der Waals surface area contributed by atoms with Crippen molar-refractivity contribution in [2.75, 3.05) is 13.1 Å². The molecule has 1 amide bonds. The Morgan fingerprint density at radius 1 is 1.38 bits per heavy atom. The van der Waals surface area contributed by atoms with Crippen LogP contribution in [0.5, 0.6) is 0 Å². The maximum absolute atomic E-state index is 11.5. The fraction of sp³-hybridized carbons (Fsp3) is 0.923. The van der Waals surface area contributed by atoms with Crippen LogP contribution in [-0.4, -0.2) is 24.5 Å². The van der Waals surface area contributed by atoms with Gasteiger partial charge in [-0.25, -0.2) is 0 Å². The molecule has 1 fully saturated rings. The second-order valence-electron chi connectivity index (χ2n) is 5.88. The summed E-state index contributed by atoms with van der Waals surface area (Å²) in [5.41, 5.74) is 0.120. The lowest BCUT2D eigenvalue weighted by atomic mass is 9.99. The van der Waals surface area contributed by atoms with E-state index in [1.807, 2.05) is 0 Å². The maximum Gasteiger partial charge on any atom is 0.233 e. The second-order valence-corrected chi connectivity index (χ2v) is 5.88. The van der Waals surface area contributed by atoms with E-state index >= 15 is 0 Å². The molecule has 0 aromatic heterocycles. The molecule has 0 saturated heterocycles. The first-order valence-electron chi connectivity index (χ1n) is 6.43. The first kappa shape index (κ1) is 13.5. The molecule has 0 unspecified atom stereocenters. The highest BCUT2D eigenvalue weighted by molar-refractivity contribution is 5.78. The van der Waals surface area contributed by atoms with Crippen LogP contribution in [0, 0.1) is 11.8 Å². The lowest BCUT2D eigenvalue weighted by molar-refractivity contribution is -0.120. The van der Waals surface area contributed by atoms with Crippen molar-refractivity contribution in [1.29, 1.82) is 0 Å². The van der Waals surface area contributed by atoms with Gasteiger partial charge in [0.25, 0.3) is 0 Å². The minimum Gasteiger partial charge on any atom is -0.355 e. The summed E-state index contributed by atoms with van der Waals surface area (Å²) in [5, 5.41) is 6.29. The Labute approximate surface area is 99.4 Å². The van der Waals surface area contributed by atoms with Gasteiger partial charge >= 0.3 is 0 Å². The first-order chi connectivity index (χ1) is 7.42. The van der Waals surface area contributed by atoms with Gasteiger partial charge in [-0.15, -0.1) is 0 Å². The van der Waals surface area contributed by atoms with E-state index in [2.05, 4.69) is 38.3 Å². The smallest absolute Gasteiger partial charge is 0.233 e. The van der Waals surface area contributed by atoms with Gasteiger partial charge in [-0.05, 0) is 44.9 Å². The number of amides is 1. The molecule has 1 rings (SSSR count). The molecule has 1 aliphatic carbocycles. The third kappa shape index (κ3) is 4.97. The second kappa shape index (κ2) is 5.67. The Balaban J connectivity index is 2.10. The standard InChI is InChI=1S/C13H26N2O/c1-10(2)7-8-14-12(16)9-15-13(3,4)11-5-6-11/h10-11,15H,5-9H2,1-4H3,(H,14,16). The predicted octanol–water partition coefficient (Wildman–Crippen LogP) is 1.93. The molecule has 1 saturated carbocycles. The van der Waals surface area contributed by atoms with Crippen molar-refractivity contribution < 1.29 is 4.79 Å². The summed E-state index contributed by atoms with van der Waals surface area (Å²) in [6.45, 7) is 9.95. The molecule has 0 aromatic rings. The van der Waals surface area contributed by atoms with Crippen molar-refractivity contribution in [1.82, 2.24) is 10.6 Å². The third-order valence-electron chi connectivity index (χ3n) is 3.35. The molecule has 0 aromatic carbocycles. The fourth-order valence-electron chi connectivity index (χ4n) is 1.82. The minimum atomic E-state index is 0.120. The largest absolute Gasteiger partial charge is 0.355 e. The Hall–Kier alpha value is -0.570. The average molecular weight is 226 g/mol. The molecule has 0 radical (unpaired) electrons. The van der Waals surface area contributed by atoms with Crippen LogP contribution in [0.1, 0.15) is 47.0 Å². The molecule has 1 aliphatic rings. The van der Waals surface area contributed by atoms with Crippen LogP contribution in [0.2, 0.25) is 0 Å². The van der Waals surface area contributed by atoms with Gasteiger partial charge in [-0.1, -0.05) is 13.8 Å². The van der Waals surface area contributed by atoms with E-state index in [1.165, 1.54) is 12.8 Å². The van der Waals surface area contributed by atoms with Crippen LogP contribution in [-0.2, 0) is 4.79 Å². The number of carbonyl (C=O) groups excluding carboxylic acids is 1. The van der Waals surface area contributed by atoms with E-state index in [1.54, 1.807) is 0 Å². The highest BCUT2D eigenvalue weighted by Gasteiger charge is 2.37. The summed E-state index contributed by atoms with van der Waals surface area (Å²) >= 11 is 0. The fourth-order valence-corrected chi connectivity index (χ4v) is 1.82. The van der Waals surface area contributed by atoms with Gasteiger partial charge in [-0.2, -0.15) is 0 Å². The van der Waals surface area contributed by atoms with Crippen molar-refractivity contribution in [2.45, 2.75) is 52.5 Å². The summed E-state index contributed by atoms with van der Waals surface area (Å²) in [5.74, 6) is 1.53. The summed E-state index contributed by atoms with van der Waals surface area (Å²) < 4.78 is 0. The summed E-state index contributed by atoms with van der Waals surface area (Å²) in [6.07, 6.45) is 3.65. The van der Waals surface area contributed by atoms with Gasteiger partial charge in [0.2, 0.25) is 5.91 Å². The highest BCUT2D eigenvalue weighted by Crippen LogP contribution is 2.38. The topological polar surface area (TPSA) is 41.1 Å². The van der Waals surface area contributed by atoms with Crippen LogP contribution in [0.3, 0.4) is 0 Å². The van der Waals surface area contributed by atoms with Gasteiger partial charge in [-0.3, -0.25) is 4.79 Å². The molecule has 0 atom stereocenters. The SMILES string of the molecule is CC(C)CCNC(=O)CNC(C)(C)C1CC1. The van der Waals surface area contributed by atoms with Crippen molar-refractivity contribution in [3.8, 4) is 0 Å². The monoisotopic (exact) mass is 226 g/mol. The molecule has 3 nitrogen and oxygen atoms in total. The normalized spacial score (nSPS) is 16.6. The quantitative estimate of drug-likeness (QED) is 0.696. The van der Waals surface area contributed by atoms with Gasteiger partial charge in [0.05, 0.1) is 6.54 Å². The molecule has 3 heteroatoms. The molecular weight excluding hydrogens is 200 g/mol. The highest BCUT2D eigenvalue weighted by atomic mass is 16.1. The van der Waals surface area contributed by atoms with Gasteiger partial charge in [0.1, 0.15) is 0 Å². The van der Waals surface area contributed by atoms with E-state index in [9.17, 15) is 4.79 Å². The lowest BCUT2D eigenvalue weighted by Crippen LogP contribution is -2.46. The van der Waals surface area contributed by atoms with Crippen LogP contribution >= 0.6 is 0 Å². The van der Waals surface area contributed by atoms with Crippen molar-refractivity contribution in [3.63, 3.8) is 0 Å². The Kier molecular flexibility index (Phi) is 4.78. The zero-order chi connectivity index (χ0) is 12.2. The number of hydrogen-bond acceptors (Lipinski definition) is 2. The van der Waals surface area contributed by atoms with Gasteiger partial charge in [0, 0.05) is 12.1 Å². The Bertz CT molecular complexity index is 232. The van der Waals surface area contributed by atoms with Crippen LogP contribution in [0.25, 0.3) is 0 Å². The molecule has 94 valence electrons. The van der Waals surface area contributed by atoms with E-state index in [4.69, 9.17) is 0 Å². The van der Waals surface area contributed by atoms with Gasteiger partial charge < -0.3 is 10.6 Å². The molecular formula is C13H26N2O. The lowest BCUT2D eigenvalue weighted by Gasteiger charge is -2.25. The van der Waals surface area contributed by atoms with E-state index < -0.39 is 0 Å². The summed E-state index contributed by atoms with van der Waals surface area (Å²) in [4.78, 5) is 11.5. The number of rotatable bonds is 7. The van der Waals surface area contributed by atoms with Crippen molar-refractivity contribution in [3.05, 3.63) is 0 Å². The number of nitrogens with one attached hydrogen (secondary N) is 2. The van der Waals surface area contributed by atoms with Crippen molar-refractivity contribution in [2.24, 2.45) is 11.8 Å². The number of hydrogen-bond donors (Lipinski definition) is 2. The van der Waals surface area contributed by atoms with E-state index in [-0.39, 0.29) is 11.4 Å². The van der Waals surface area contributed by atoms with Crippen LogP contribution < -0.4 is 10.6 Å². The molecule has 16 heavy (non-hydrogen) atoms. The molecule has 0 bridgehead atoms. The average Bonchev–Trinajstić information content (AvgIpc) is 2.97. The first-order valence-corrected chi connectivity index (χ1v) is 6.43. The van der Waals surface area contributed by atoms with E-state index in [0.717, 1.165) is 18.9 Å². The maximum atomic E-state index is 11.5. The van der Waals surface area contributed by atoms with Crippen molar-refractivity contribution >= 4 is 5.91 Å². The summed E-state index contributed by atoms with van der Waals surface area (Å²) in [6, 6.07) is 0. The molecule has 0 spiro atoms. The zero-order valence-corrected chi connectivity index (χ0v) is 11.1. The Morgan fingerprint density at radius 2 is 2.00 bits per heavy atom. The van der Waals surface area contributed by atoms with E-state index in [0.29, 0.717) is 12.5 Å². The molecule has 0 aliphatic heterocycles. The molecule has 2 N–H and O–H groups in total. The van der Waals surface area contributed by atoms with Gasteiger partial charge in [0.15, 0.2) is 0 Å².